The number of Topliss-reactive ketones (excluding diaryl/α,β-unsaturated/α-hetero) is 1. The minimum atomic E-state index is -1.31. The molecule has 0 bridgehead atoms. The summed E-state index contributed by atoms with van der Waals surface area (Å²) in [6, 6.07) is 0. The molecule has 27 heavy (non-hydrogen) atoms. The third-order valence-corrected chi connectivity index (χ3v) is 7.45. The van der Waals surface area contributed by atoms with Gasteiger partial charge in [0, 0.05) is 11.8 Å². The number of aliphatic hydroxyl groups excluding tert-OH is 3. The van der Waals surface area contributed by atoms with E-state index in [1.807, 2.05) is 13.8 Å². The summed E-state index contributed by atoms with van der Waals surface area (Å²) in [5.74, 6) is 0.777. The van der Waals surface area contributed by atoms with Gasteiger partial charge in [0.25, 0.3) is 0 Å². The zero-order chi connectivity index (χ0) is 20.1. The van der Waals surface area contributed by atoms with E-state index in [0.29, 0.717) is 12.3 Å². The number of allylic oxidation sites excluding steroid dienone is 1. The molecule has 154 valence electrons. The Morgan fingerprint density at radius 3 is 2.48 bits per heavy atom. The molecule has 1 spiro atoms. The van der Waals surface area contributed by atoms with Crippen LogP contribution in [0.1, 0.15) is 59.8 Å². The van der Waals surface area contributed by atoms with Crippen LogP contribution in [0.25, 0.3) is 0 Å². The highest BCUT2D eigenvalue weighted by molar-refractivity contribution is 5.97. The summed E-state index contributed by atoms with van der Waals surface area (Å²) in [5, 5.41) is 30.2. The molecule has 0 unspecified atom stereocenters. The van der Waals surface area contributed by atoms with Gasteiger partial charge >= 0.3 is 0 Å². The Bertz CT molecular complexity index is 601. The lowest BCUT2D eigenvalue weighted by atomic mass is 9.62. The van der Waals surface area contributed by atoms with Crippen molar-refractivity contribution in [3.8, 4) is 0 Å². The molecule has 2 saturated carbocycles. The second-order valence-electron chi connectivity index (χ2n) is 9.34. The van der Waals surface area contributed by atoms with Gasteiger partial charge in [-0.1, -0.05) is 13.5 Å². The van der Waals surface area contributed by atoms with Crippen molar-refractivity contribution in [3.63, 3.8) is 0 Å². The van der Waals surface area contributed by atoms with Gasteiger partial charge in [-0.15, -0.1) is 0 Å². The van der Waals surface area contributed by atoms with Gasteiger partial charge in [-0.05, 0) is 63.9 Å². The molecule has 0 aromatic rings. The molecular weight excluding hydrogens is 348 g/mol. The molecule has 3 N–H and O–H groups in total. The summed E-state index contributed by atoms with van der Waals surface area (Å²) in [5.41, 5.74) is -0.00628. The van der Waals surface area contributed by atoms with Crippen LogP contribution in [-0.4, -0.2) is 57.4 Å². The highest BCUT2D eigenvalue weighted by Crippen LogP contribution is 2.58. The summed E-state index contributed by atoms with van der Waals surface area (Å²) >= 11 is 0. The normalized spacial score (nSPS) is 46.3. The van der Waals surface area contributed by atoms with E-state index in [0.717, 1.165) is 31.3 Å². The van der Waals surface area contributed by atoms with Gasteiger partial charge in [-0.3, -0.25) is 4.79 Å². The Morgan fingerprint density at radius 2 is 1.81 bits per heavy atom. The molecule has 8 atom stereocenters. The largest absolute Gasteiger partial charge is 0.388 e. The molecule has 0 amide bonds. The molecule has 0 aromatic heterocycles. The number of rotatable bonds is 3. The number of aliphatic hydroxyl groups is 3. The molecule has 2 aliphatic carbocycles. The number of ether oxygens (including phenoxy) is 2. The zero-order valence-corrected chi connectivity index (χ0v) is 16.9. The first-order valence-corrected chi connectivity index (χ1v) is 10.1. The molecule has 1 saturated heterocycles. The second-order valence-corrected chi connectivity index (χ2v) is 9.34. The molecule has 1 aliphatic heterocycles. The molecule has 6 heteroatoms. The van der Waals surface area contributed by atoms with Crippen LogP contribution in [0, 0.1) is 17.3 Å². The molecule has 6 nitrogen and oxygen atoms in total. The first kappa shape index (κ1) is 20.9. The van der Waals surface area contributed by atoms with Crippen molar-refractivity contribution in [1.82, 2.24) is 0 Å². The first-order chi connectivity index (χ1) is 12.5. The SMILES string of the molecule is C=C1C(=O)CC[C@@H](C)[C@]12CC[C@@H](C(C)(C)O[C@@H]1O[C@H](C)[C@H](O)[C@H](O)[C@H]1O)C2. The van der Waals surface area contributed by atoms with E-state index in [4.69, 9.17) is 9.47 Å². The van der Waals surface area contributed by atoms with Crippen LogP contribution in [0.5, 0.6) is 0 Å². The van der Waals surface area contributed by atoms with Gasteiger partial charge < -0.3 is 24.8 Å². The van der Waals surface area contributed by atoms with Crippen LogP contribution in [0.15, 0.2) is 12.2 Å². The fourth-order valence-electron chi connectivity index (χ4n) is 5.25. The molecule has 0 radical (unpaired) electrons. The number of carbonyl (C=O) groups excluding carboxylic acids is 1. The van der Waals surface area contributed by atoms with Gasteiger partial charge in [0.15, 0.2) is 12.1 Å². The van der Waals surface area contributed by atoms with Gasteiger partial charge in [-0.25, -0.2) is 0 Å². The lowest BCUT2D eigenvalue weighted by Crippen LogP contribution is -2.59. The lowest BCUT2D eigenvalue weighted by Gasteiger charge is -2.45. The van der Waals surface area contributed by atoms with Crippen molar-refractivity contribution < 1.29 is 29.6 Å². The third-order valence-electron chi connectivity index (χ3n) is 7.45. The maximum atomic E-state index is 12.3. The van der Waals surface area contributed by atoms with Crippen LogP contribution in [0.4, 0.5) is 0 Å². The van der Waals surface area contributed by atoms with Crippen LogP contribution >= 0.6 is 0 Å². The van der Waals surface area contributed by atoms with Crippen molar-refractivity contribution >= 4 is 5.78 Å². The van der Waals surface area contributed by atoms with E-state index in [1.165, 1.54) is 0 Å². The van der Waals surface area contributed by atoms with Crippen LogP contribution in [0.2, 0.25) is 0 Å². The topological polar surface area (TPSA) is 96.2 Å². The van der Waals surface area contributed by atoms with Crippen molar-refractivity contribution in [2.45, 2.75) is 96.1 Å². The highest BCUT2D eigenvalue weighted by Gasteiger charge is 2.53. The Labute approximate surface area is 161 Å². The van der Waals surface area contributed by atoms with Crippen molar-refractivity contribution in [2.75, 3.05) is 0 Å². The number of carbonyl (C=O) groups is 1. The lowest BCUT2D eigenvalue weighted by molar-refractivity contribution is -0.322. The molecule has 3 rings (SSSR count). The summed E-state index contributed by atoms with van der Waals surface area (Å²) in [6.45, 7) is 11.9. The summed E-state index contributed by atoms with van der Waals surface area (Å²) in [6.07, 6.45) is -1.24. The average molecular weight is 382 g/mol. The van der Waals surface area contributed by atoms with Gasteiger partial charge in [0.05, 0.1) is 11.7 Å². The van der Waals surface area contributed by atoms with Crippen molar-refractivity contribution in [3.05, 3.63) is 12.2 Å². The van der Waals surface area contributed by atoms with Gasteiger partial charge in [0.1, 0.15) is 18.3 Å². The predicted molar refractivity (Wildman–Crippen MR) is 99.8 cm³/mol. The maximum Gasteiger partial charge on any atom is 0.187 e. The molecule has 3 fully saturated rings. The Kier molecular flexibility index (Phi) is 5.60. The standard InChI is InChI=1S/C21H34O6/c1-11-6-7-15(22)12(2)21(11)9-8-14(10-21)20(4,5)27-19-18(25)17(24)16(23)13(3)26-19/h11,13-14,16-19,23-25H,2,6-10H2,1,3-5H3/t11-,13-,14-,16+,17+,18-,19+,21-/m1/s1. The third kappa shape index (κ3) is 3.51. The highest BCUT2D eigenvalue weighted by atomic mass is 16.7. The minimum Gasteiger partial charge on any atom is -0.388 e. The maximum absolute atomic E-state index is 12.3. The number of ketones is 1. The van der Waals surface area contributed by atoms with Crippen molar-refractivity contribution in [2.24, 2.45) is 17.3 Å². The Balaban J connectivity index is 1.73. The summed E-state index contributed by atoms with van der Waals surface area (Å²) in [7, 11) is 0. The minimum absolute atomic E-state index is 0.157. The van der Waals surface area contributed by atoms with Crippen LogP contribution in [0.3, 0.4) is 0 Å². The van der Waals surface area contributed by atoms with Gasteiger partial charge in [-0.2, -0.15) is 0 Å². The van der Waals surface area contributed by atoms with Crippen LogP contribution < -0.4 is 0 Å². The fourth-order valence-corrected chi connectivity index (χ4v) is 5.25. The summed E-state index contributed by atoms with van der Waals surface area (Å²) < 4.78 is 11.8. The Morgan fingerprint density at radius 1 is 1.15 bits per heavy atom. The van der Waals surface area contributed by atoms with E-state index >= 15 is 0 Å². The average Bonchev–Trinajstić information content (AvgIpc) is 3.07. The van der Waals surface area contributed by atoms with Crippen LogP contribution in [-0.2, 0) is 14.3 Å². The number of hydrogen-bond donors (Lipinski definition) is 3. The van der Waals surface area contributed by atoms with E-state index in [2.05, 4.69) is 13.5 Å². The van der Waals surface area contributed by atoms with Gasteiger partial charge in [0.2, 0.25) is 0 Å². The molecule has 0 aromatic carbocycles. The smallest absolute Gasteiger partial charge is 0.187 e. The number of hydrogen-bond acceptors (Lipinski definition) is 6. The van der Waals surface area contributed by atoms with E-state index in [9.17, 15) is 20.1 Å². The van der Waals surface area contributed by atoms with Crippen molar-refractivity contribution in [1.29, 1.82) is 0 Å². The predicted octanol–water partition coefficient (Wildman–Crippen LogP) is 1.95. The fraction of sp³-hybridized carbons (Fsp3) is 0.857. The molecule has 1 heterocycles. The second kappa shape index (κ2) is 7.23. The molecule has 3 aliphatic rings. The monoisotopic (exact) mass is 382 g/mol. The first-order valence-electron chi connectivity index (χ1n) is 10.1. The molecular formula is C21H34O6. The van der Waals surface area contributed by atoms with E-state index in [1.54, 1.807) is 6.92 Å². The van der Waals surface area contributed by atoms with E-state index in [-0.39, 0.29) is 17.1 Å². The Hall–Kier alpha value is -0.790. The zero-order valence-electron chi connectivity index (χ0n) is 16.9. The van der Waals surface area contributed by atoms with E-state index < -0.39 is 36.3 Å². The quantitative estimate of drug-likeness (QED) is 0.646. The summed E-state index contributed by atoms with van der Waals surface area (Å²) in [4.78, 5) is 12.3.